The quantitative estimate of drug-likeness (QED) is 0.882. The van der Waals surface area contributed by atoms with Gasteiger partial charge in [0.2, 0.25) is 15.0 Å². The first kappa shape index (κ1) is 15.7. The zero-order valence-corrected chi connectivity index (χ0v) is 13.1. The van der Waals surface area contributed by atoms with Crippen LogP contribution in [-0.4, -0.2) is 35.4 Å². The Bertz CT molecular complexity index is 698. The van der Waals surface area contributed by atoms with Gasteiger partial charge >= 0.3 is 0 Å². The highest BCUT2D eigenvalue weighted by molar-refractivity contribution is 7.91. The Morgan fingerprint density at radius 1 is 1.19 bits per heavy atom. The van der Waals surface area contributed by atoms with E-state index in [4.69, 9.17) is 5.11 Å². The van der Waals surface area contributed by atoms with E-state index in [0.29, 0.717) is 0 Å². The molecule has 1 N–H and O–H groups in total. The summed E-state index contributed by atoms with van der Waals surface area (Å²) >= 11 is 0. The summed E-state index contributed by atoms with van der Waals surface area (Å²) in [6, 6.07) is 5.98. The van der Waals surface area contributed by atoms with Gasteiger partial charge in [-0.1, -0.05) is 32.0 Å². The molecule has 1 aromatic carbocycles. The standard InChI is InChI=1S/C15H20N2O3S/c1-3-12-6-5-7-13(4-2)14(12)17-9-8-16-15(17)21(19,20)11-10-18/h5-9,18H,3-4,10-11H2,1-2H3. The molecule has 0 saturated carbocycles. The predicted molar refractivity (Wildman–Crippen MR) is 81.5 cm³/mol. The fourth-order valence-electron chi connectivity index (χ4n) is 2.43. The molecule has 1 heterocycles. The number of hydrogen-bond acceptors (Lipinski definition) is 4. The van der Waals surface area contributed by atoms with E-state index in [-0.39, 0.29) is 10.9 Å². The third-order valence-electron chi connectivity index (χ3n) is 3.45. The molecule has 0 unspecified atom stereocenters. The number of imidazole rings is 1. The Kier molecular flexibility index (Phi) is 4.80. The SMILES string of the molecule is CCc1cccc(CC)c1-n1ccnc1S(=O)(=O)CCO. The molecule has 0 aliphatic rings. The molecule has 0 aliphatic carbocycles. The second-order valence-corrected chi connectivity index (χ2v) is 6.76. The summed E-state index contributed by atoms with van der Waals surface area (Å²) < 4.78 is 26.1. The molecule has 114 valence electrons. The van der Waals surface area contributed by atoms with Gasteiger partial charge in [-0.05, 0) is 24.0 Å². The molecule has 5 nitrogen and oxygen atoms in total. The lowest BCUT2D eigenvalue weighted by Crippen LogP contribution is -2.16. The molecule has 0 fully saturated rings. The van der Waals surface area contributed by atoms with Gasteiger partial charge in [-0.25, -0.2) is 13.4 Å². The van der Waals surface area contributed by atoms with Gasteiger partial charge in [0.1, 0.15) is 0 Å². The lowest BCUT2D eigenvalue weighted by atomic mass is 10.0. The van der Waals surface area contributed by atoms with Crippen LogP contribution in [0.15, 0.2) is 35.7 Å². The number of aliphatic hydroxyl groups is 1. The highest BCUT2D eigenvalue weighted by Crippen LogP contribution is 2.24. The third-order valence-corrected chi connectivity index (χ3v) is 5.03. The van der Waals surface area contributed by atoms with Crippen molar-refractivity contribution in [1.29, 1.82) is 0 Å². The van der Waals surface area contributed by atoms with Crippen LogP contribution in [0.4, 0.5) is 0 Å². The van der Waals surface area contributed by atoms with Crippen LogP contribution in [-0.2, 0) is 22.7 Å². The Balaban J connectivity index is 2.68. The van der Waals surface area contributed by atoms with Gasteiger partial charge in [0.15, 0.2) is 0 Å². The van der Waals surface area contributed by atoms with Crippen molar-refractivity contribution in [3.05, 3.63) is 41.7 Å². The first-order valence-electron chi connectivity index (χ1n) is 7.03. The number of rotatable bonds is 6. The van der Waals surface area contributed by atoms with Crippen molar-refractivity contribution in [2.45, 2.75) is 31.8 Å². The molecule has 6 heteroatoms. The van der Waals surface area contributed by atoms with Gasteiger partial charge in [-0.2, -0.15) is 0 Å². The van der Waals surface area contributed by atoms with Gasteiger partial charge in [0, 0.05) is 12.4 Å². The molecule has 21 heavy (non-hydrogen) atoms. The number of hydrogen-bond donors (Lipinski definition) is 1. The van der Waals surface area contributed by atoms with Crippen LogP contribution in [0.3, 0.4) is 0 Å². The lowest BCUT2D eigenvalue weighted by molar-refractivity contribution is 0.319. The van der Waals surface area contributed by atoms with Crippen LogP contribution in [0.1, 0.15) is 25.0 Å². The molecule has 0 saturated heterocycles. The summed E-state index contributed by atoms with van der Waals surface area (Å²) in [4.78, 5) is 4.00. The van der Waals surface area contributed by atoms with E-state index in [1.54, 1.807) is 10.8 Å². The van der Waals surface area contributed by atoms with E-state index < -0.39 is 16.4 Å². The van der Waals surface area contributed by atoms with E-state index in [1.165, 1.54) is 6.20 Å². The first-order valence-corrected chi connectivity index (χ1v) is 8.68. The van der Waals surface area contributed by atoms with Crippen molar-refractivity contribution in [1.82, 2.24) is 9.55 Å². The average molecular weight is 308 g/mol. The minimum atomic E-state index is -3.59. The van der Waals surface area contributed by atoms with Crippen LogP contribution in [0.2, 0.25) is 0 Å². The Labute approximate surface area is 125 Å². The number of aliphatic hydroxyl groups excluding tert-OH is 1. The summed E-state index contributed by atoms with van der Waals surface area (Å²) in [5.74, 6) is -0.320. The number of sulfone groups is 1. The van der Waals surface area contributed by atoms with E-state index in [9.17, 15) is 8.42 Å². The Morgan fingerprint density at radius 2 is 1.81 bits per heavy atom. The Morgan fingerprint density at radius 3 is 2.33 bits per heavy atom. The summed E-state index contributed by atoms with van der Waals surface area (Å²) in [5.41, 5.74) is 3.04. The van der Waals surface area contributed by atoms with Crippen molar-refractivity contribution in [3.63, 3.8) is 0 Å². The maximum atomic E-state index is 12.2. The molecule has 0 atom stereocenters. The second kappa shape index (κ2) is 6.41. The summed E-state index contributed by atoms with van der Waals surface area (Å²) in [5, 5.41) is 8.94. The molecule has 2 aromatic rings. The average Bonchev–Trinajstić information content (AvgIpc) is 2.96. The van der Waals surface area contributed by atoms with Crippen molar-refractivity contribution in [3.8, 4) is 5.69 Å². The summed E-state index contributed by atoms with van der Waals surface area (Å²) in [6.45, 7) is 3.67. The molecule has 0 aliphatic heterocycles. The highest BCUT2D eigenvalue weighted by Gasteiger charge is 2.22. The van der Waals surface area contributed by atoms with Crippen LogP contribution >= 0.6 is 0 Å². The molecular weight excluding hydrogens is 288 g/mol. The summed E-state index contributed by atoms with van der Waals surface area (Å²) in [6.07, 6.45) is 4.76. The molecule has 0 spiro atoms. The number of aromatic nitrogens is 2. The van der Waals surface area contributed by atoms with Crippen molar-refractivity contribution in [2.24, 2.45) is 0 Å². The highest BCUT2D eigenvalue weighted by atomic mass is 32.2. The van der Waals surface area contributed by atoms with Crippen molar-refractivity contribution >= 4 is 9.84 Å². The number of aryl methyl sites for hydroxylation is 2. The second-order valence-electron chi connectivity index (χ2n) is 4.75. The fraction of sp³-hybridized carbons (Fsp3) is 0.400. The molecule has 0 bridgehead atoms. The number of nitrogens with zero attached hydrogens (tertiary/aromatic N) is 2. The van der Waals surface area contributed by atoms with Crippen molar-refractivity contribution in [2.75, 3.05) is 12.4 Å². The largest absolute Gasteiger partial charge is 0.395 e. The number of para-hydroxylation sites is 1. The zero-order valence-electron chi connectivity index (χ0n) is 12.3. The van der Waals surface area contributed by atoms with Gasteiger partial charge in [0.25, 0.3) is 0 Å². The van der Waals surface area contributed by atoms with Gasteiger partial charge in [-0.3, -0.25) is 4.57 Å². The maximum absolute atomic E-state index is 12.2. The Hall–Kier alpha value is -1.66. The smallest absolute Gasteiger partial charge is 0.232 e. The molecule has 2 rings (SSSR count). The predicted octanol–water partition coefficient (Wildman–Crippen LogP) is 1.76. The molecular formula is C15H20N2O3S. The van der Waals surface area contributed by atoms with E-state index in [2.05, 4.69) is 4.98 Å². The van der Waals surface area contributed by atoms with Gasteiger partial charge in [0.05, 0.1) is 18.0 Å². The van der Waals surface area contributed by atoms with Gasteiger partial charge < -0.3 is 5.11 Å². The number of benzene rings is 1. The maximum Gasteiger partial charge on any atom is 0.232 e. The van der Waals surface area contributed by atoms with Crippen molar-refractivity contribution < 1.29 is 13.5 Å². The zero-order chi connectivity index (χ0) is 15.5. The fourth-order valence-corrected chi connectivity index (χ4v) is 3.52. The third kappa shape index (κ3) is 3.01. The first-order chi connectivity index (χ1) is 10.0. The molecule has 0 amide bonds. The van der Waals surface area contributed by atoms with E-state index in [1.807, 2.05) is 32.0 Å². The molecule has 0 radical (unpaired) electrons. The van der Waals surface area contributed by atoms with Crippen LogP contribution in [0.5, 0.6) is 0 Å². The minimum absolute atomic E-state index is 0.00727. The lowest BCUT2D eigenvalue weighted by Gasteiger charge is -2.16. The summed E-state index contributed by atoms with van der Waals surface area (Å²) in [7, 11) is -3.59. The topological polar surface area (TPSA) is 72.2 Å². The minimum Gasteiger partial charge on any atom is -0.395 e. The van der Waals surface area contributed by atoms with Crippen LogP contribution in [0.25, 0.3) is 5.69 Å². The van der Waals surface area contributed by atoms with Gasteiger partial charge in [-0.15, -0.1) is 0 Å². The van der Waals surface area contributed by atoms with Crippen LogP contribution < -0.4 is 0 Å². The molecule has 1 aromatic heterocycles. The van der Waals surface area contributed by atoms with Crippen LogP contribution in [0, 0.1) is 0 Å². The monoisotopic (exact) mass is 308 g/mol. The van der Waals surface area contributed by atoms with E-state index >= 15 is 0 Å². The van der Waals surface area contributed by atoms with E-state index in [0.717, 1.165) is 29.7 Å². The normalized spacial score (nSPS) is 11.8.